The molecule has 0 bridgehead atoms. The molecule has 1 nitrogen and oxygen atoms in total. The lowest BCUT2D eigenvalue weighted by atomic mass is 10.1. The van der Waals surface area contributed by atoms with Crippen LogP contribution in [-0.2, 0) is 0 Å². The average molecular weight is 152 g/mol. The van der Waals surface area contributed by atoms with Gasteiger partial charge in [0.2, 0.25) is 0 Å². The third kappa shape index (κ3) is 9.15. The van der Waals surface area contributed by atoms with Gasteiger partial charge in [-0.1, -0.05) is 18.2 Å². The fraction of sp³-hybridized carbons (Fsp3) is 0.500. The molecule has 0 aliphatic heterocycles. The first-order valence-electron chi connectivity index (χ1n) is 3.95. The van der Waals surface area contributed by atoms with E-state index in [0.29, 0.717) is 0 Å². The zero-order chi connectivity index (χ0) is 8.74. The molecule has 0 spiro atoms. The molecule has 0 saturated carbocycles. The summed E-state index contributed by atoms with van der Waals surface area (Å²) in [5.74, 6) is 0. The molecule has 0 atom stereocenters. The molecule has 0 aromatic rings. The Bertz CT molecular complexity index is 168. The second kappa shape index (κ2) is 4.89. The van der Waals surface area contributed by atoms with Crippen LogP contribution in [0.4, 0.5) is 0 Å². The van der Waals surface area contributed by atoms with E-state index in [1.165, 1.54) is 0 Å². The molecule has 1 N–H and O–H groups in total. The molecule has 11 heavy (non-hydrogen) atoms. The van der Waals surface area contributed by atoms with Crippen LogP contribution < -0.4 is 4.99 Å². The summed E-state index contributed by atoms with van der Waals surface area (Å²) in [6.45, 7) is 8.40. The highest BCUT2D eigenvalue weighted by molar-refractivity contribution is 5.65. The van der Waals surface area contributed by atoms with Crippen molar-refractivity contribution in [1.82, 2.24) is 0 Å². The Morgan fingerprint density at radius 2 is 1.64 bits per heavy atom. The lowest BCUT2D eigenvalue weighted by Crippen LogP contribution is -2.81. The molecular formula is C10H18N+. The first kappa shape index (κ1) is 10.2. The van der Waals surface area contributed by atoms with Gasteiger partial charge in [0.1, 0.15) is 0 Å². The van der Waals surface area contributed by atoms with Crippen molar-refractivity contribution in [3.05, 3.63) is 24.3 Å². The number of hydrogen-bond donors (Lipinski definition) is 1. The van der Waals surface area contributed by atoms with Crippen LogP contribution in [0.15, 0.2) is 24.3 Å². The summed E-state index contributed by atoms with van der Waals surface area (Å²) in [6, 6.07) is 0. The maximum Gasteiger partial charge on any atom is 0.162 e. The minimum Gasteiger partial charge on any atom is -0.244 e. The monoisotopic (exact) mass is 152 g/mol. The fourth-order valence-corrected chi connectivity index (χ4v) is 0.529. The van der Waals surface area contributed by atoms with Crippen molar-refractivity contribution >= 4 is 6.21 Å². The third-order valence-corrected chi connectivity index (χ3v) is 1.03. The Labute approximate surface area is 69.5 Å². The number of hydrogen-bond acceptors (Lipinski definition) is 0. The number of allylic oxidation sites excluding steroid dienone is 4. The minimum atomic E-state index is 0.167. The van der Waals surface area contributed by atoms with Crippen LogP contribution in [0.3, 0.4) is 0 Å². The lowest BCUT2D eigenvalue weighted by molar-refractivity contribution is -0.533. The van der Waals surface area contributed by atoms with Gasteiger partial charge in [-0.3, -0.25) is 0 Å². The van der Waals surface area contributed by atoms with E-state index >= 15 is 0 Å². The van der Waals surface area contributed by atoms with Crippen molar-refractivity contribution in [2.24, 2.45) is 0 Å². The van der Waals surface area contributed by atoms with Crippen molar-refractivity contribution in [3.8, 4) is 0 Å². The Morgan fingerprint density at radius 3 is 2.09 bits per heavy atom. The first-order chi connectivity index (χ1) is 5.06. The van der Waals surface area contributed by atoms with Crippen LogP contribution in [0.2, 0.25) is 0 Å². The lowest BCUT2D eigenvalue weighted by Gasteiger charge is -2.02. The highest BCUT2D eigenvalue weighted by Gasteiger charge is 2.10. The number of nitrogens with one attached hydrogen (secondary N) is 1. The summed E-state index contributed by atoms with van der Waals surface area (Å²) in [7, 11) is 0. The first-order valence-corrected chi connectivity index (χ1v) is 3.95. The molecular weight excluding hydrogens is 134 g/mol. The van der Waals surface area contributed by atoms with Crippen LogP contribution in [0.1, 0.15) is 27.7 Å². The van der Waals surface area contributed by atoms with Crippen LogP contribution in [-0.4, -0.2) is 11.8 Å². The van der Waals surface area contributed by atoms with Gasteiger partial charge in [-0.05, 0) is 27.7 Å². The molecule has 0 aliphatic carbocycles. The van der Waals surface area contributed by atoms with Gasteiger partial charge in [0.05, 0.1) is 0 Å². The van der Waals surface area contributed by atoms with Gasteiger partial charge in [-0.2, -0.15) is 0 Å². The SMILES string of the molecule is C/C=C/C=C/C=[NH+]C(C)(C)C. The van der Waals surface area contributed by atoms with Crippen molar-refractivity contribution in [2.45, 2.75) is 33.2 Å². The molecule has 0 amide bonds. The second-order valence-corrected chi connectivity index (χ2v) is 3.47. The Kier molecular flexibility index (Phi) is 4.51. The Hall–Kier alpha value is -0.850. The molecule has 0 aromatic carbocycles. The van der Waals surface area contributed by atoms with E-state index in [-0.39, 0.29) is 5.54 Å². The summed E-state index contributed by atoms with van der Waals surface area (Å²) in [5, 5.41) is 0. The summed E-state index contributed by atoms with van der Waals surface area (Å²) < 4.78 is 0. The van der Waals surface area contributed by atoms with E-state index in [1.54, 1.807) is 0 Å². The minimum absolute atomic E-state index is 0.167. The zero-order valence-electron chi connectivity index (χ0n) is 7.89. The molecule has 0 aliphatic rings. The second-order valence-electron chi connectivity index (χ2n) is 3.47. The van der Waals surface area contributed by atoms with Crippen molar-refractivity contribution in [1.29, 1.82) is 0 Å². The van der Waals surface area contributed by atoms with E-state index in [9.17, 15) is 0 Å². The van der Waals surface area contributed by atoms with Crippen LogP contribution in [0.5, 0.6) is 0 Å². The molecule has 0 saturated heterocycles. The predicted molar refractivity (Wildman–Crippen MR) is 50.7 cm³/mol. The van der Waals surface area contributed by atoms with E-state index < -0.39 is 0 Å². The Balaban J connectivity index is 3.78. The van der Waals surface area contributed by atoms with Gasteiger partial charge in [-0.15, -0.1) is 0 Å². The normalized spacial score (nSPS) is 14.2. The van der Waals surface area contributed by atoms with Crippen LogP contribution in [0, 0.1) is 0 Å². The predicted octanol–water partition coefficient (Wildman–Crippen LogP) is 1.07. The van der Waals surface area contributed by atoms with Gasteiger partial charge >= 0.3 is 0 Å². The standard InChI is InChI=1S/C10H17N/c1-5-6-7-8-9-11-10(2,3)4/h5-9H,1-4H3/p+1/b6-5+,8-7+,11-9?. The van der Waals surface area contributed by atoms with E-state index in [4.69, 9.17) is 0 Å². The quantitative estimate of drug-likeness (QED) is 0.449. The zero-order valence-corrected chi connectivity index (χ0v) is 7.89. The summed E-state index contributed by atoms with van der Waals surface area (Å²) in [6.07, 6.45) is 9.95. The molecule has 0 unspecified atom stereocenters. The molecule has 0 heterocycles. The van der Waals surface area contributed by atoms with Gasteiger partial charge in [0.25, 0.3) is 0 Å². The smallest absolute Gasteiger partial charge is 0.162 e. The highest BCUT2D eigenvalue weighted by Crippen LogP contribution is 1.85. The van der Waals surface area contributed by atoms with Gasteiger partial charge in [0, 0.05) is 6.08 Å². The fourth-order valence-electron chi connectivity index (χ4n) is 0.529. The maximum absolute atomic E-state index is 3.24. The van der Waals surface area contributed by atoms with Gasteiger partial charge < -0.3 is 0 Å². The molecule has 0 aromatic heterocycles. The molecule has 0 fully saturated rings. The van der Waals surface area contributed by atoms with Gasteiger partial charge in [0.15, 0.2) is 11.8 Å². The summed E-state index contributed by atoms with van der Waals surface area (Å²) in [4.78, 5) is 3.24. The highest BCUT2D eigenvalue weighted by atomic mass is 14.8. The molecule has 0 rings (SSSR count). The average Bonchev–Trinajstić information content (AvgIpc) is 1.85. The van der Waals surface area contributed by atoms with Crippen molar-refractivity contribution in [3.63, 3.8) is 0 Å². The largest absolute Gasteiger partial charge is 0.244 e. The van der Waals surface area contributed by atoms with Crippen molar-refractivity contribution in [2.75, 3.05) is 0 Å². The summed E-state index contributed by atoms with van der Waals surface area (Å²) in [5.41, 5.74) is 0.167. The Morgan fingerprint density at radius 1 is 1.00 bits per heavy atom. The maximum atomic E-state index is 3.24. The summed E-state index contributed by atoms with van der Waals surface area (Å²) >= 11 is 0. The van der Waals surface area contributed by atoms with E-state index in [1.807, 2.05) is 37.4 Å². The van der Waals surface area contributed by atoms with Crippen LogP contribution >= 0.6 is 0 Å². The molecule has 0 radical (unpaired) electrons. The topological polar surface area (TPSA) is 14.0 Å². The number of rotatable bonds is 2. The molecule has 62 valence electrons. The third-order valence-electron chi connectivity index (χ3n) is 1.03. The van der Waals surface area contributed by atoms with E-state index in [2.05, 4.69) is 25.8 Å². The molecule has 1 heteroatoms. The van der Waals surface area contributed by atoms with Crippen LogP contribution in [0.25, 0.3) is 0 Å². The van der Waals surface area contributed by atoms with Crippen molar-refractivity contribution < 1.29 is 4.99 Å². The van der Waals surface area contributed by atoms with E-state index in [0.717, 1.165) is 0 Å². The van der Waals surface area contributed by atoms with Gasteiger partial charge in [-0.25, -0.2) is 4.99 Å².